The van der Waals surface area contributed by atoms with Crippen molar-refractivity contribution in [1.82, 2.24) is 10.4 Å². The number of pyridine rings is 1. The Morgan fingerprint density at radius 2 is 1.88 bits per heavy atom. The van der Waals surface area contributed by atoms with E-state index in [2.05, 4.69) is 15.5 Å². The second kappa shape index (κ2) is 7.03. The number of rotatable bonds is 3. The maximum absolute atomic E-state index is 12.4. The standard InChI is InChI=1S/C19H11Cl2N3OS/c20-16-13-6-2-4-8-15(13)26-17(16)19(25)24-22-10-12-9-11-5-1-3-7-14(11)23-18(12)21/h1-10H,(H,24,25). The molecule has 0 aliphatic carbocycles. The lowest BCUT2D eigenvalue weighted by Gasteiger charge is -2.02. The molecule has 4 rings (SSSR count). The number of aromatic nitrogens is 1. The van der Waals surface area contributed by atoms with Crippen LogP contribution in [0, 0.1) is 0 Å². The maximum Gasteiger partial charge on any atom is 0.283 e. The minimum Gasteiger partial charge on any atom is -0.266 e. The number of nitrogens with one attached hydrogen (secondary N) is 1. The Labute approximate surface area is 163 Å². The quantitative estimate of drug-likeness (QED) is 0.280. The molecule has 0 aliphatic heterocycles. The molecule has 2 aromatic carbocycles. The van der Waals surface area contributed by atoms with Gasteiger partial charge >= 0.3 is 0 Å². The van der Waals surface area contributed by atoms with Crippen molar-refractivity contribution in [1.29, 1.82) is 0 Å². The van der Waals surface area contributed by atoms with E-state index in [4.69, 9.17) is 23.2 Å². The molecule has 0 fully saturated rings. The van der Waals surface area contributed by atoms with Crippen LogP contribution in [0.5, 0.6) is 0 Å². The van der Waals surface area contributed by atoms with Crippen LogP contribution in [0.1, 0.15) is 15.2 Å². The van der Waals surface area contributed by atoms with Crippen molar-refractivity contribution in [2.45, 2.75) is 0 Å². The van der Waals surface area contributed by atoms with E-state index in [-0.39, 0.29) is 5.91 Å². The molecule has 7 heteroatoms. The van der Waals surface area contributed by atoms with Gasteiger partial charge in [0.05, 0.1) is 16.8 Å². The number of hydrogen-bond donors (Lipinski definition) is 1. The van der Waals surface area contributed by atoms with Crippen LogP contribution in [0.2, 0.25) is 10.2 Å². The number of carbonyl (C=O) groups excluding carboxylic acids is 1. The van der Waals surface area contributed by atoms with Gasteiger partial charge in [0, 0.05) is 21.0 Å². The highest BCUT2D eigenvalue weighted by Gasteiger charge is 2.16. The van der Waals surface area contributed by atoms with Gasteiger partial charge in [-0.05, 0) is 18.2 Å². The lowest BCUT2D eigenvalue weighted by Crippen LogP contribution is -2.16. The van der Waals surface area contributed by atoms with Crippen LogP contribution in [0.4, 0.5) is 0 Å². The van der Waals surface area contributed by atoms with Crippen molar-refractivity contribution >= 4 is 67.6 Å². The molecule has 4 aromatic rings. The van der Waals surface area contributed by atoms with E-state index in [0.717, 1.165) is 21.0 Å². The Morgan fingerprint density at radius 3 is 2.73 bits per heavy atom. The molecule has 0 aliphatic rings. The molecule has 4 nitrogen and oxygen atoms in total. The topological polar surface area (TPSA) is 54.4 Å². The molecule has 2 aromatic heterocycles. The molecule has 0 saturated carbocycles. The zero-order chi connectivity index (χ0) is 18.1. The van der Waals surface area contributed by atoms with E-state index in [1.807, 2.05) is 54.6 Å². The third kappa shape index (κ3) is 3.17. The van der Waals surface area contributed by atoms with E-state index in [1.54, 1.807) is 0 Å². The average molecular weight is 400 g/mol. The highest BCUT2D eigenvalue weighted by atomic mass is 35.5. The highest BCUT2D eigenvalue weighted by molar-refractivity contribution is 7.21. The third-order valence-corrected chi connectivity index (χ3v) is 5.79. The number of para-hydroxylation sites is 1. The van der Waals surface area contributed by atoms with Gasteiger partial charge in [-0.1, -0.05) is 59.6 Å². The summed E-state index contributed by atoms with van der Waals surface area (Å²) in [6, 6.07) is 17.1. The first kappa shape index (κ1) is 17.0. The van der Waals surface area contributed by atoms with Gasteiger partial charge in [0.1, 0.15) is 10.0 Å². The molecule has 0 unspecified atom stereocenters. The average Bonchev–Trinajstić information content (AvgIpc) is 2.99. The summed E-state index contributed by atoms with van der Waals surface area (Å²) in [5.74, 6) is -0.364. The minimum absolute atomic E-state index is 0.321. The molecular formula is C19H11Cl2N3OS. The maximum atomic E-state index is 12.4. The molecule has 0 radical (unpaired) electrons. The van der Waals surface area contributed by atoms with Gasteiger partial charge in [0.25, 0.3) is 5.91 Å². The molecule has 26 heavy (non-hydrogen) atoms. The fourth-order valence-electron chi connectivity index (χ4n) is 2.57. The van der Waals surface area contributed by atoms with Gasteiger partial charge in [-0.15, -0.1) is 11.3 Å². The van der Waals surface area contributed by atoms with E-state index < -0.39 is 0 Å². The van der Waals surface area contributed by atoms with Gasteiger partial charge in [-0.3, -0.25) is 4.79 Å². The van der Waals surface area contributed by atoms with Crippen LogP contribution in [-0.2, 0) is 0 Å². The number of halogens is 2. The Bertz CT molecular complexity index is 1170. The third-order valence-electron chi connectivity index (χ3n) is 3.82. The zero-order valence-corrected chi connectivity index (χ0v) is 15.6. The summed E-state index contributed by atoms with van der Waals surface area (Å²) in [6.45, 7) is 0. The SMILES string of the molecule is O=C(NN=Cc1cc2ccccc2nc1Cl)c1sc2ccccc2c1Cl. The van der Waals surface area contributed by atoms with Crippen molar-refractivity contribution < 1.29 is 4.79 Å². The number of thiophene rings is 1. The molecule has 1 N–H and O–H groups in total. The van der Waals surface area contributed by atoms with Crippen LogP contribution in [0.3, 0.4) is 0 Å². The predicted molar refractivity (Wildman–Crippen MR) is 109 cm³/mol. The highest BCUT2D eigenvalue weighted by Crippen LogP contribution is 2.34. The first-order chi connectivity index (χ1) is 12.6. The molecule has 2 heterocycles. The van der Waals surface area contributed by atoms with Gasteiger partial charge in [-0.2, -0.15) is 5.10 Å². The van der Waals surface area contributed by atoms with Crippen LogP contribution >= 0.6 is 34.5 Å². The predicted octanol–water partition coefficient (Wildman–Crippen LogP) is 5.52. The molecule has 0 spiro atoms. The van der Waals surface area contributed by atoms with Crippen LogP contribution in [-0.4, -0.2) is 17.1 Å². The van der Waals surface area contributed by atoms with Gasteiger partial charge in [0.2, 0.25) is 0 Å². The normalized spacial score (nSPS) is 11.5. The second-order valence-electron chi connectivity index (χ2n) is 5.50. The fourth-order valence-corrected chi connectivity index (χ4v) is 4.17. The molecule has 0 atom stereocenters. The number of amides is 1. The summed E-state index contributed by atoms with van der Waals surface area (Å²) in [7, 11) is 0. The van der Waals surface area contributed by atoms with E-state index >= 15 is 0 Å². The molecule has 1 amide bonds. The second-order valence-corrected chi connectivity index (χ2v) is 7.29. The first-order valence-corrected chi connectivity index (χ1v) is 9.26. The van der Waals surface area contributed by atoms with E-state index in [0.29, 0.717) is 20.6 Å². The van der Waals surface area contributed by atoms with Crippen molar-refractivity contribution in [2.75, 3.05) is 0 Å². The Hall–Kier alpha value is -2.47. The van der Waals surface area contributed by atoms with Gasteiger partial charge in [-0.25, -0.2) is 10.4 Å². The van der Waals surface area contributed by atoms with Crippen LogP contribution in [0.15, 0.2) is 59.7 Å². The summed E-state index contributed by atoms with van der Waals surface area (Å²) in [6.07, 6.45) is 1.47. The largest absolute Gasteiger partial charge is 0.283 e. The van der Waals surface area contributed by atoms with E-state index in [1.165, 1.54) is 17.6 Å². The first-order valence-electron chi connectivity index (χ1n) is 7.69. The van der Waals surface area contributed by atoms with E-state index in [9.17, 15) is 4.79 Å². The lowest BCUT2D eigenvalue weighted by molar-refractivity contribution is 0.0959. The number of fused-ring (bicyclic) bond motifs is 2. The molecule has 128 valence electrons. The molecular weight excluding hydrogens is 389 g/mol. The summed E-state index contributed by atoms with van der Waals surface area (Å²) in [5.41, 5.74) is 3.91. The lowest BCUT2D eigenvalue weighted by atomic mass is 10.2. The summed E-state index contributed by atoms with van der Waals surface area (Å²) >= 11 is 13.8. The Kier molecular flexibility index (Phi) is 4.59. The van der Waals surface area contributed by atoms with Crippen LogP contribution in [0.25, 0.3) is 21.0 Å². The molecule has 0 saturated heterocycles. The monoisotopic (exact) mass is 399 g/mol. The summed E-state index contributed by atoms with van der Waals surface area (Å²) in [5, 5.41) is 6.55. The molecule has 0 bridgehead atoms. The Morgan fingerprint density at radius 1 is 1.12 bits per heavy atom. The zero-order valence-electron chi connectivity index (χ0n) is 13.2. The van der Waals surface area contributed by atoms with Gasteiger partial charge < -0.3 is 0 Å². The van der Waals surface area contributed by atoms with Crippen LogP contribution < -0.4 is 5.43 Å². The summed E-state index contributed by atoms with van der Waals surface area (Å²) in [4.78, 5) is 17.1. The number of nitrogens with zero attached hydrogens (tertiary/aromatic N) is 2. The smallest absolute Gasteiger partial charge is 0.266 e. The van der Waals surface area contributed by atoms with Crippen molar-refractivity contribution in [3.8, 4) is 0 Å². The van der Waals surface area contributed by atoms with Crippen molar-refractivity contribution in [2.24, 2.45) is 5.10 Å². The van der Waals surface area contributed by atoms with Gasteiger partial charge in [0.15, 0.2) is 0 Å². The number of hydrazone groups is 1. The van der Waals surface area contributed by atoms with Crippen molar-refractivity contribution in [3.63, 3.8) is 0 Å². The fraction of sp³-hybridized carbons (Fsp3) is 0. The number of hydrogen-bond acceptors (Lipinski definition) is 4. The van der Waals surface area contributed by atoms with Crippen molar-refractivity contribution in [3.05, 3.63) is 75.2 Å². The number of carbonyl (C=O) groups is 1. The summed E-state index contributed by atoms with van der Waals surface area (Å²) < 4.78 is 0.952. The minimum atomic E-state index is -0.364. The number of benzene rings is 2. The Balaban J connectivity index is 1.57.